The SMILES string of the molecule is COCCNCc1cn(Cc2cccc(Cl)c2)nc1C. The third-order valence-corrected chi connectivity index (χ3v) is 3.32. The molecule has 0 unspecified atom stereocenters. The van der Waals surface area contributed by atoms with E-state index in [1.807, 2.05) is 29.8 Å². The van der Waals surface area contributed by atoms with Crippen LogP contribution in [0.3, 0.4) is 0 Å². The van der Waals surface area contributed by atoms with Crippen molar-refractivity contribution in [1.29, 1.82) is 0 Å². The van der Waals surface area contributed by atoms with Crippen LogP contribution in [0.2, 0.25) is 5.02 Å². The summed E-state index contributed by atoms with van der Waals surface area (Å²) >= 11 is 5.99. The zero-order chi connectivity index (χ0) is 14.4. The summed E-state index contributed by atoms with van der Waals surface area (Å²) in [6, 6.07) is 7.86. The lowest BCUT2D eigenvalue weighted by Gasteiger charge is -2.03. The topological polar surface area (TPSA) is 39.1 Å². The summed E-state index contributed by atoms with van der Waals surface area (Å²) in [6.07, 6.45) is 2.08. The first-order valence-electron chi connectivity index (χ1n) is 6.66. The van der Waals surface area contributed by atoms with Crippen LogP contribution in [0, 0.1) is 6.92 Å². The van der Waals surface area contributed by atoms with E-state index in [1.165, 1.54) is 5.56 Å². The number of hydrogen-bond acceptors (Lipinski definition) is 3. The molecule has 20 heavy (non-hydrogen) atoms. The van der Waals surface area contributed by atoms with E-state index < -0.39 is 0 Å². The molecule has 0 amide bonds. The molecule has 2 aromatic rings. The smallest absolute Gasteiger partial charge is 0.0660 e. The molecule has 0 atom stereocenters. The van der Waals surface area contributed by atoms with Crippen LogP contribution >= 0.6 is 11.6 Å². The Balaban J connectivity index is 1.96. The molecule has 0 radical (unpaired) electrons. The molecule has 0 aliphatic heterocycles. The molecule has 0 fully saturated rings. The molecule has 4 nitrogen and oxygen atoms in total. The normalized spacial score (nSPS) is 10.9. The molecule has 1 heterocycles. The summed E-state index contributed by atoms with van der Waals surface area (Å²) in [7, 11) is 1.70. The fourth-order valence-corrected chi connectivity index (χ4v) is 2.25. The molecular weight excluding hydrogens is 274 g/mol. The summed E-state index contributed by atoms with van der Waals surface area (Å²) < 4.78 is 6.96. The third-order valence-electron chi connectivity index (χ3n) is 3.08. The van der Waals surface area contributed by atoms with Gasteiger partial charge in [-0.25, -0.2) is 0 Å². The van der Waals surface area contributed by atoms with E-state index in [0.29, 0.717) is 0 Å². The Labute approximate surface area is 124 Å². The van der Waals surface area contributed by atoms with Crippen LogP contribution in [0.5, 0.6) is 0 Å². The molecule has 0 bridgehead atoms. The quantitative estimate of drug-likeness (QED) is 0.798. The van der Waals surface area contributed by atoms with Crippen LogP contribution < -0.4 is 5.32 Å². The summed E-state index contributed by atoms with van der Waals surface area (Å²) in [5.74, 6) is 0. The summed E-state index contributed by atoms with van der Waals surface area (Å²) in [5, 5.41) is 8.62. The number of aromatic nitrogens is 2. The van der Waals surface area contributed by atoms with Crippen LogP contribution in [0.25, 0.3) is 0 Å². The van der Waals surface area contributed by atoms with Gasteiger partial charge in [0.1, 0.15) is 0 Å². The fourth-order valence-electron chi connectivity index (χ4n) is 2.03. The molecule has 1 N–H and O–H groups in total. The molecule has 1 aromatic heterocycles. The van der Waals surface area contributed by atoms with Gasteiger partial charge >= 0.3 is 0 Å². The monoisotopic (exact) mass is 293 g/mol. The number of hydrogen-bond donors (Lipinski definition) is 1. The molecule has 0 saturated carbocycles. The average Bonchev–Trinajstić information content (AvgIpc) is 2.75. The zero-order valence-electron chi connectivity index (χ0n) is 11.9. The van der Waals surface area contributed by atoms with Gasteiger partial charge in [0.25, 0.3) is 0 Å². The van der Waals surface area contributed by atoms with E-state index >= 15 is 0 Å². The van der Waals surface area contributed by atoms with Gasteiger partial charge in [-0.15, -0.1) is 0 Å². The molecular formula is C15H20ClN3O. The summed E-state index contributed by atoms with van der Waals surface area (Å²) in [4.78, 5) is 0. The number of ether oxygens (including phenoxy) is 1. The molecule has 0 aliphatic rings. The average molecular weight is 294 g/mol. The van der Waals surface area contributed by atoms with Gasteiger partial charge in [0.15, 0.2) is 0 Å². The lowest BCUT2D eigenvalue weighted by Crippen LogP contribution is -2.18. The summed E-state index contributed by atoms with van der Waals surface area (Å²) in [6.45, 7) is 5.14. The van der Waals surface area contributed by atoms with Crippen molar-refractivity contribution in [2.75, 3.05) is 20.3 Å². The van der Waals surface area contributed by atoms with E-state index in [0.717, 1.165) is 42.5 Å². The number of rotatable bonds is 7. The Hall–Kier alpha value is -1.36. The first kappa shape index (κ1) is 15.0. The first-order chi connectivity index (χ1) is 9.69. The van der Waals surface area contributed by atoms with E-state index in [-0.39, 0.29) is 0 Å². The van der Waals surface area contributed by atoms with Crippen molar-refractivity contribution in [1.82, 2.24) is 15.1 Å². The Morgan fingerprint density at radius 3 is 3.00 bits per heavy atom. The highest BCUT2D eigenvalue weighted by atomic mass is 35.5. The molecule has 108 valence electrons. The predicted octanol–water partition coefficient (Wildman–Crippen LogP) is 2.63. The van der Waals surface area contributed by atoms with Crippen molar-refractivity contribution in [3.05, 3.63) is 52.3 Å². The van der Waals surface area contributed by atoms with Gasteiger partial charge in [-0.2, -0.15) is 5.10 Å². The molecule has 1 aromatic carbocycles. The number of nitrogens with one attached hydrogen (secondary N) is 1. The zero-order valence-corrected chi connectivity index (χ0v) is 12.7. The van der Waals surface area contributed by atoms with Crippen molar-refractivity contribution in [3.8, 4) is 0 Å². The maximum atomic E-state index is 5.99. The van der Waals surface area contributed by atoms with E-state index in [4.69, 9.17) is 16.3 Å². The van der Waals surface area contributed by atoms with Crippen LogP contribution in [-0.2, 0) is 17.8 Å². The molecule has 5 heteroatoms. The highest BCUT2D eigenvalue weighted by molar-refractivity contribution is 6.30. The maximum Gasteiger partial charge on any atom is 0.0660 e. The lowest BCUT2D eigenvalue weighted by atomic mass is 10.2. The molecule has 2 rings (SSSR count). The van der Waals surface area contributed by atoms with Gasteiger partial charge in [-0.05, 0) is 24.6 Å². The fraction of sp³-hybridized carbons (Fsp3) is 0.400. The Morgan fingerprint density at radius 1 is 1.40 bits per heavy atom. The second-order valence-corrected chi connectivity index (χ2v) is 5.17. The lowest BCUT2D eigenvalue weighted by molar-refractivity contribution is 0.199. The van der Waals surface area contributed by atoms with Gasteiger partial charge in [-0.1, -0.05) is 23.7 Å². The second kappa shape index (κ2) is 7.43. The van der Waals surface area contributed by atoms with Gasteiger partial charge in [0.05, 0.1) is 18.8 Å². The minimum atomic E-state index is 0.718. The molecule has 0 spiro atoms. The van der Waals surface area contributed by atoms with Crippen LogP contribution in [0.1, 0.15) is 16.8 Å². The van der Waals surface area contributed by atoms with E-state index in [1.54, 1.807) is 7.11 Å². The predicted molar refractivity (Wildman–Crippen MR) is 81.1 cm³/mol. The van der Waals surface area contributed by atoms with E-state index in [9.17, 15) is 0 Å². The number of benzene rings is 1. The van der Waals surface area contributed by atoms with Gasteiger partial charge in [-0.3, -0.25) is 4.68 Å². The van der Waals surface area contributed by atoms with Crippen LogP contribution in [-0.4, -0.2) is 30.0 Å². The standard InChI is InChI=1S/C15H20ClN3O/c1-12-14(9-17-6-7-20-2)11-19(18-12)10-13-4-3-5-15(16)8-13/h3-5,8,11,17H,6-7,9-10H2,1-2H3. The third kappa shape index (κ3) is 4.34. The highest BCUT2D eigenvalue weighted by Gasteiger charge is 2.05. The number of halogens is 1. The van der Waals surface area contributed by atoms with Gasteiger partial charge in [0.2, 0.25) is 0 Å². The first-order valence-corrected chi connectivity index (χ1v) is 7.04. The van der Waals surface area contributed by atoms with Crippen LogP contribution in [0.15, 0.2) is 30.5 Å². The van der Waals surface area contributed by atoms with Gasteiger partial charge < -0.3 is 10.1 Å². The summed E-state index contributed by atoms with van der Waals surface area (Å²) in [5.41, 5.74) is 3.42. The Morgan fingerprint density at radius 2 is 2.25 bits per heavy atom. The Kier molecular flexibility index (Phi) is 5.59. The molecule has 0 aliphatic carbocycles. The van der Waals surface area contributed by atoms with Crippen molar-refractivity contribution >= 4 is 11.6 Å². The number of aryl methyl sites for hydroxylation is 1. The minimum Gasteiger partial charge on any atom is -0.383 e. The van der Waals surface area contributed by atoms with Crippen molar-refractivity contribution in [2.45, 2.75) is 20.0 Å². The largest absolute Gasteiger partial charge is 0.383 e. The second-order valence-electron chi connectivity index (χ2n) is 4.74. The number of methoxy groups -OCH3 is 1. The van der Waals surface area contributed by atoms with Crippen molar-refractivity contribution in [3.63, 3.8) is 0 Å². The number of nitrogens with zero attached hydrogens (tertiary/aromatic N) is 2. The van der Waals surface area contributed by atoms with Gasteiger partial charge in [0, 0.05) is 37.0 Å². The van der Waals surface area contributed by atoms with Crippen molar-refractivity contribution < 1.29 is 4.74 Å². The Bertz CT molecular complexity index is 554. The minimum absolute atomic E-state index is 0.718. The molecule has 0 saturated heterocycles. The van der Waals surface area contributed by atoms with Crippen molar-refractivity contribution in [2.24, 2.45) is 0 Å². The van der Waals surface area contributed by atoms with Crippen LogP contribution in [0.4, 0.5) is 0 Å². The highest BCUT2D eigenvalue weighted by Crippen LogP contribution is 2.13. The maximum absolute atomic E-state index is 5.99. The van der Waals surface area contributed by atoms with E-state index in [2.05, 4.69) is 22.7 Å².